The van der Waals surface area contributed by atoms with Gasteiger partial charge < -0.3 is 10.0 Å². The van der Waals surface area contributed by atoms with Gasteiger partial charge in [-0.2, -0.15) is 0 Å². The van der Waals surface area contributed by atoms with Gasteiger partial charge in [-0.3, -0.25) is 4.99 Å². The maximum atomic E-state index is 10.9. The minimum absolute atomic E-state index is 0.185. The van der Waals surface area contributed by atoms with Gasteiger partial charge in [-0.25, -0.2) is 14.3 Å². The molecule has 3 aliphatic heterocycles. The third-order valence-corrected chi connectivity index (χ3v) is 3.72. The average Bonchev–Trinajstić information content (AvgIpc) is 2.91. The van der Waals surface area contributed by atoms with Crippen LogP contribution in [0.2, 0.25) is 0 Å². The van der Waals surface area contributed by atoms with Crippen molar-refractivity contribution in [1.82, 2.24) is 4.90 Å². The van der Waals surface area contributed by atoms with E-state index in [-0.39, 0.29) is 5.92 Å². The number of nitrogens with zero attached hydrogens (tertiary/aromatic N) is 4. The second-order valence-corrected chi connectivity index (χ2v) is 4.95. The van der Waals surface area contributed by atoms with Crippen LogP contribution in [0.25, 0.3) is 0 Å². The molecule has 1 N–H and O–H groups in total. The molecule has 0 saturated carbocycles. The van der Waals surface area contributed by atoms with E-state index in [1.165, 1.54) is 4.90 Å². The zero-order valence-electron chi connectivity index (χ0n) is 10.2. The molecule has 1 amide bonds. The quantitative estimate of drug-likeness (QED) is 0.708. The fraction of sp³-hybridized carbons (Fsp3) is 0.417. The Morgan fingerprint density at radius 2 is 2.44 bits per heavy atom. The van der Waals surface area contributed by atoms with Crippen LogP contribution in [0, 0.1) is 5.92 Å². The molecule has 1 saturated heterocycles. The van der Waals surface area contributed by atoms with E-state index in [1.54, 1.807) is 6.20 Å². The summed E-state index contributed by atoms with van der Waals surface area (Å²) in [6.45, 7) is 1.12. The number of hydrogen-bond acceptors (Lipinski definition) is 3. The largest absolute Gasteiger partial charge is 0.465 e. The Hall–Kier alpha value is -1.95. The van der Waals surface area contributed by atoms with Gasteiger partial charge in [0.1, 0.15) is 11.9 Å². The number of hydrogen-bond donors (Lipinski definition) is 1. The Labute approximate surface area is 105 Å². The van der Waals surface area contributed by atoms with Gasteiger partial charge in [0.25, 0.3) is 0 Å². The molecule has 3 aliphatic rings. The van der Waals surface area contributed by atoms with E-state index in [0.29, 0.717) is 17.6 Å². The van der Waals surface area contributed by atoms with Crippen molar-refractivity contribution in [1.29, 1.82) is 0 Å². The molecule has 0 aromatic carbocycles. The van der Waals surface area contributed by atoms with Crippen LogP contribution in [0.3, 0.4) is 0 Å². The number of rotatable bonds is 1. The fourth-order valence-electron chi connectivity index (χ4n) is 2.63. The van der Waals surface area contributed by atoms with E-state index >= 15 is 0 Å². The van der Waals surface area contributed by atoms with Gasteiger partial charge in [0.05, 0.1) is 19.5 Å². The van der Waals surface area contributed by atoms with Gasteiger partial charge in [0, 0.05) is 19.0 Å². The number of likely N-dealkylation sites (tertiary alicyclic amines) is 1. The zero-order valence-corrected chi connectivity index (χ0v) is 10.2. The van der Waals surface area contributed by atoms with E-state index in [4.69, 9.17) is 5.11 Å². The molecule has 0 bridgehead atoms. The molecule has 0 aliphatic carbocycles. The first-order valence-corrected chi connectivity index (χ1v) is 5.95. The van der Waals surface area contributed by atoms with Crippen LogP contribution in [0.5, 0.6) is 0 Å². The first-order chi connectivity index (χ1) is 8.60. The van der Waals surface area contributed by atoms with E-state index in [9.17, 15) is 4.79 Å². The van der Waals surface area contributed by atoms with E-state index in [2.05, 4.69) is 9.98 Å². The third kappa shape index (κ3) is 1.57. The Balaban J connectivity index is 1.88. The van der Waals surface area contributed by atoms with Gasteiger partial charge in [-0.15, -0.1) is 0 Å². The number of quaternary nitrogens is 1. The lowest BCUT2D eigenvalue weighted by molar-refractivity contribution is -0.706. The molecular weight excluding hydrogens is 232 g/mol. The SMILES string of the molecule is C[N+]12C=CN=CC1=C(C1CCN(C(=O)O)C1)N=C2. The van der Waals surface area contributed by atoms with E-state index in [1.807, 2.05) is 25.8 Å². The van der Waals surface area contributed by atoms with Crippen LogP contribution >= 0.6 is 0 Å². The molecule has 0 aromatic heterocycles. The van der Waals surface area contributed by atoms with Gasteiger partial charge in [-0.05, 0) is 6.42 Å². The van der Waals surface area contributed by atoms with Crippen LogP contribution in [0.15, 0.2) is 33.8 Å². The van der Waals surface area contributed by atoms with Crippen molar-refractivity contribution < 1.29 is 14.4 Å². The summed E-state index contributed by atoms with van der Waals surface area (Å²) in [5.41, 5.74) is 2.03. The Morgan fingerprint density at radius 3 is 3.17 bits per heavy atom. The van der Waals surface area contributed by atoms with E-state index in [0.717, 1.165) is 17.8 Å². The molecule has 6 heteroatoms. The predicted octanol–water partition coefficient (Wildman–Crippen LogP) is 1.24. The lowest BCUT2D eigenvalue weighted by Gasteiger charge is -2.23. The van der Waals surface area contributed by atoms with Gasteiger partial charge in [-0.1, -0.05) is 0 Å². The Bertz CT molecular complexity index is 520. The van der Waals surface area contributed by atoms with Crippen molar-refractivity contribution in [2.24, 2.45) is 15.9 Å². The van der Waals surface area contributed by atoms with Crippen LogP contribution in [0.1, 0.15) is 6.42 Å². The summed E-state index contributed by atoms with van der Waals surface area (Å²) in [5.74, 6) is 0.185. The first-order valence-electron chi connectivity index (χ1n) is 5.95. The predicted molar refractivity (Wildman–Crippen MR) is 67.0 cm³/mol. The van der Waals surface area contributed by atoms with E-state index < -0.39 is 6.09 Å². The van der Waals surface area contributed by atoms with Crippen molar-refractivity contribution in [3.8, 4) is 0 Å². The smallest absolute Gasteiger partial charge is 0.407 e. The zero-order chi connectivity index (χ0) is 12.8. The molecule has 2 atom stereocenters. The summed E-state index contributed by atoms with van der Waals surface area (Å²) >= 11 is 0. The van der Waals surface area contributed by atoms with Crippen molar-refractivity contribution in [3.05, 3.63) is 23.8 Å². The van der Waals surface area contributed by atoms with Crippen molar-refractivity contribution in [3.63, 3.8) is 0 Å². The third-order valence-electron chi connectivity index (χ3n) is 3.72. The molecule has 94 valence electrons. The van der Waals surface area contributed by atoms with Gasteiger partial charge in [0.15, 0.2) is 12.0 Å². The van der Waals surface area contributed by atoms with Crippen molar-refractivity contribution in [2.45, 2.75) is 6.42 Å². The monoisotopic (exact) mass is 247 g/mol. The van der Waals surface area contributed by atoms with Gasteiger partial charge in [0.2, 0.25) is 0 Å². The second kappa shape index (κ2) is 3.78. The summed E-state index contributed by atoms with van der Waals surface area (Å²) in [6, 6.07) is 0. The summed E-state index contributed by atoms with van der Waals surface area (Å²) < 4.78 is 0.530. The molecule has 18 heavy (non-hydrogen) atoms. The normalized spacial score (nSPS) is 33.4. The topological polar surface area (TPSA) is 65.3 Å². The maximum Gasteiger partial charge on any atom is 0.407 e. The molecule has 3 heterocycles. The number of fused-ring (bicyclic) bond motifs is 1. The van der Waals surface area contributed by atoms with Crippen LogP contribution in [-0.4, -0.2) is 53.3 Å². The fourth-order valence-corrected chi connectivity index (χ4v) is 2.63. The number of carbonyl (C=O) groups is 1. The van der Waals surface area contributed by atoms with Crippen LogP contribution in [-0.2, 0) is 0 Å². The highest BCUT2D eigenvalue weighted by Crippen LogP contribution is 2.34. The minimum atomic E-state index is -0.848. The second-order valence-electron chi connectivity index (χ2n) is 4.95. The molecular formula is C12H15N4O2+. The lowest BCUT2D eigenvalue weighted by atomic mass is 10.0. The number of amides is 1. The highest BCUT2D eigenvalue weighted by molar-refractivity contribution is 5.83. The lowest BCUT2D eigenvalue weighted by Crippen LogP contribution is -2.35. The maximum absolute atomic E-state index is 10.9. The highest BCUT2D eigenvalue weighted by atomic mass is 16.4. The summed E-state index contributed by atoms with van der Waals surface area (Å²) in [5, 5.41) is 8.99. The first kappa shape index (κ1) is 11.2. The molecule has 3 rings (SSSR count). The minimum Gasteiger partial charge on any atom is -0.465 e. The molecule has 2 unspecified atom stereocenters. The Kier molecular flexibility index (Phi) is 2.34. The number of aliphatic imine (C=N–C) groups is 2. The number of carboxylic acid groups (broad SMARTS) is 1. The van der Waals surface area contributed by atoms with Crippen LogP contribution < -0.4 is 0 Å². The Morgan fingerprint density at radius 1 is 1.61 bits per heavy atom. The van der Waals surface area contributed by atoms with Gasteiger partial charge >= 0.3 is 6.09 Å². The molecule has 1 fully saturated rings. The van der Waals surface area contributed by atoms with Crippen LogP contribution in [0.4, 0.5) is 4.79 Å². The highest BCUT2D eigenvalue weighted by Gasteiger charge is 2.39. The molecule has 0 spiro atoms. The van der Waals surface area contributed by atoms with Crippen molar-refractivity contribution >= 4 is 18.6 Å². The standard InChI is InChI=1S/C12H14N4O2/c1-16-5-3-13-6-10(16)11(14-8-16)9-2-4-15(7-9)12(17)18/h3,5-6,8-9H,2,4,7H2,1H3/p+1. The summed E-state index contributed by atoms with van der Waals surface area (Å²) in [4.78, 5) is 21.0. The molecule has 0 radical (unpaired) electrons. The summed E-state index contributed by atoms with van der Waals surface area (Å²) in [6.07, 6.45) is 7.41. The van der Waals surface area contributed by atoms with Crippen molar-refractivity contribution in [2.75, 3.05) is 20.1 Å². The summed E-state index contributed by atoms with van der Waals surface area (Å²) in [7, 11) is 2.04. The molecule has 0 aromatic rings. The average molecular weight is 247 g/mol. The molecule has 6 nitrogen and oxygen atoms in total. The number of allylic oxidation sites excluding steroid dienone is 1.